The van der Waals surface area contributed by atoms with Gasteiger partial charge in [0, 0.05) is 12.5 Å². The molecule has 0 spiro atoms. The summed E-state index contributed by atoms with van der Waals surface area (Å²) < 4.78 is 0. The number of amides is 1. The number of hydrogen-bond donors (Lipinski definition) is 3. The number of hydrogen-bond acceptors (Lipinski definition) is 3. The average molecular weight is 258 g/mol. The van der Waals surface area contributed by atoms with Crippen molar-refractivity contribution >= 4 is 11.9 Å². The van der Waals surface area contributed by atoms with Gasteiger partial charge >= 0.3 is 5.97 Å². The summed E-state index contributed by atoms with van der Waals surface area (Å²) in [5.74, 6) is -1.24. The summed E-state index contributed by atoms with van der Waals surface area (Å²) in [5.41, 5.74) is 5.38. The Morgan fingerprint density at radius 2 is 1.89 bits per heavy atom. The van der Waals surface area contributed by atoms with Crippen LogP contribution < -0.4 is 11.1 Å². The third-order valence-electron chi connectivity index (χ3n) is 2.92. The molecule has 0 radical (unpaired) electrons. The van der Waals surface area contributed by atoms with Crippen molar-refractivity contribution in [3.05, 3.63) is 0 Å². The normalized spacial score (nSPS) is 14.3. The maximum absolute atomic E-state index is 11.7. The van der Waals surface area contributed by atoms with Gasteiger partial charge in [-0.2, -0.15) is 0 Å². The van der Waals surface area contributed by atoms with E-state index in [9.17, 15) is 9.59 Å². The van der Waals surface area contributed by atoms with Crippen LogP contribution in [0.3, 0.4) is 0 Å². The fourth-order valence-corrected chi connectivity index (χ4v) is 1.79. The molecule has 0 rings (SSSR count). The topological polar surface area (TPSA) is 92.4 Å². The Kier molecular flexibility index (Phi) is 8.37. The second-order valence-corrected chi connectivity index (χ2v) is 5.24. The Morgan fingerprint density at radius 3 is 2.33 bits per heavy atom. The number of aliphatic carboxylic acids is 1. The highest BCUT2D eigenvalue weighted by molar-refractivity contribution is 5.79. The molecule has 0 aromatic carbocycles. The Hall–Kier alpha value is -1.10. The standard InChI is InChI=1S/C13H26N2O3/c1-9(2)7-11(13(17)18)8-15-12(16)10(3)5-4-6-14/h9-11H,4-8,14H2,1-3H3,(H,15,16)(H,17,18). The van der Waals surface area contributed by atoms with Crippen molar-refractivity contribution < 1.29 is 14.7 Å². The van der Waals surface area contributed by atoms with Gasteiger partial charge in [-0.3, -0.25) is 9.59 Å². The zero-order valence-corrected chi connectivity index (χ0v) is 11.6. The molecule has 18 heavy (non-hydrogen) atoms. The fourth-order valence-electron chi connectivity index (χ4n) is 1.79. The molecular formula is C13H26N2O3. The summed E-state index contributed by atoms with van der Waals surface area (Å²) >= 11 is 0. The first kappa shape index (κ1) is 16.9. The summed E-state index contributed by atoms with van der Waals surface area (Å²) in [6, 6.07) is 0. The van der Waals surface area contributed by atoms with E-state index in [4.69, 9.17) is 10.8 Å². The second kappa shape index (κ2) is 8.91. The van der Waals surface area contributed by atoms with Crippen molar-refractivity contribution in [2.75, 3.05) is 13.1 Å². The van der Waals surface area contributed by atoms with Crippen LogP contribution in [-0.2, 0) is 9.59 Å². The predicted molar refractivity (Wildman–Crippen MR) is 71.0 cm³/mol. The first-order valence-corrected chi connectivity index (χ1v) is 6.59. The van der Waals surface area contributed by atoms with Crippen molar-refractivity contribution in [1.29, 1.82) is 0 Å². The lowest BCUT2D eigenvalue weighted by Gasteiger charge is -2.17. The third kappa shape index (κ3) is 7.27. The Balaban J connectivity index is 4.10. The van der Waals surface area contributed by atoms with Gasteiger partial charge in [0.05, 0.1) is 5.92 Å². The molecule has 2 unspecified atom stereocenters. The monoisotopic (exact) mass is 258 g/mol. The molecule has 0 aliphatic carbocycles. The van der Waals surface area contributed by atoms with Gasteiger partial charge in [0.15, 0.2) is 0 Å². The largest absolute Gasteiger partial charge is 0.481 e. The van der Waals surface area contributed by atoms with Gasteiger partial charge in [-0.15, -0.1) is 0 Å². The van der Waals surface area contributed by atoms with Crippen molar-refractivity contribution in [1.82, 2.24) is 5.32 Å². The zero-order valence-electron chi connectivity index (χ0n) is 11.6. The first-order valence-electron chi connectivity index (χ1n) is 6.59. The van der Waals surface area contributed by atoms with Crippen LogP contribution in [0.15, 0.2) is 0 Å². The summed E-state index contributed by atoms with van der Waals surface area (Å²) in [7, 11) is 0. The molecule has 0 saturated carbocycles. The minimum Gasteiger partial charge on any atom is -0.481 e. The number of nitrogens with two attached hydrogens (primary N) is 1. The van der Waals surface area contributed by atoms with E-state index in [0.717, 1.165) is 12.8 Å². The minimum atomic E-state index is -0.849. The van der Waals surface area contributed by atoms with Crippen molar-refractivity contribution in [2.45, 2.75) is 40.0 Å². The lowest BCUT2D eigenvalue weighted by atomic mass is 9.96. The Morgan fingerprint density at radius 1 is 1.28 bits per heavy atom. The number of carbonyl (C=O) groups is 2. The summed E-state index contributed by atoms with van der Waals surface area (Å²) in [4.78, 5) is 22.7. The Bertz CT molecular complexity index is 267. The SMILES string of the molecule is CC(C)CC(CNC(=O)C(C)CCCN)C(=O)O. The molecule has 0 saturated heterocycles. The van der Waals surface area contributed by atoms with Crippen LogP contribution in [0.5, 0.6) is 0 Å². The fraction of sp³-hybridized carbons (Fsp3) is 0.846. The smallest absolute Gasteiger partial charge is 0.308 e. The summed E-state index contributed by atoms with van der Waals surface area (Å²) in [6.45, 7) is 6.56. The molecule has 4 N–H and O–H groups in total. The van der Waals surface area contributed by atoms with Gasteiger partial charge in [-0.1, -0.05) is 20.8 Å². The number of nitrogens with one attached hydrogen (secondary N) is 1. The summed E-state index contributed by atoms with van der Waals surface area (Å²) in [6.07, 6.45) is 2.12. The van der Waals surface area contributed by atoms with Crippen LogP contribution in [0.2, 0.25) is 0 Å². The van der Waals surface area contributed by atoms with Crippen molar-refractivity contribution in [3.63, 3.8) is 0 Å². The molecule has 106 valence electrons. The van der Waals surface area contributed by atoms with E-state index in [1.165, 1.54) is 0 Å². The van der Waals surface area contributed by atoms with E-state index in [2.05, 4.69) is 5.32 Å². The van der Waals surface area contributed by atoms with Gasteiger partial charge in [-0.05, 0) is 31.7 Å². The van der Waals surface area contributed by atoms with E-state index in [1.54, 1.807) is 0 Å². The third-order valence-corrected chi connectivity index (χ3v) is 2.92. The van der Waals surface area contributed by atoms with Gasteiger partial charge in [-0.25, -0.2) is 0 Å². The van der Waals surface area contributed by atoms with Crippen LogP contribution in [0.4, 0.5) is 0 Å². The molecule has 0 bridgehead atoms. The minimum absolute atomic E-state index is 0.0848. The van der Waals surface area contributed by atoms with Gasteiger partial charge in [0.1, 0.15) is 0 Å². The maximum Gasteiger partial charge on any atom is 0.308 e. The number of carbonyl (C=O) groups excluding carboxylic acids is 1. The first-order chi connectivity index (χ1) is 8.38. The molecule has 0 aromatic rings. The molecule has 0 aliphatic heterocycles. The van der Waals surface area contributed by atoms with E-state index in [0.29, 0.717) is 18.9 Å². The average Bonchev–Trinajstić information content (AvgIpc) is 2.30. The highest BCUT2D eigenvalue weighted by atomic mass is 16.4. The van der Waals surface area contributed by atoms with Crippen LogP contribution >= 0.6 is 0 Å². The number of rotatable bonds is 9. The highest BCUT2D eigenvalue weighted by Crippen LogP contribution is 2.12. The van der Waals surface area contributed by atoms with E-state index in [-0.39, 0.29) is 18.4 Å². The molecule has 2 atom stereocenters. The molecule has 1 amide bonds. The van der Waals surface area contributed by atoms with Crippen molar-refractivity contribution in [3.8, 4) is 0 Å². The lowest BCUT2D eigenvalue weighted by molar-refractivity contribution is -0.142. The quantitative estimate of drug-likeness (QED) is 0.580. The van der Waals surface area contributed by atoms with Crippen LogP contribution in [0.1, 0.15) is 40.0 Å². The lowest BCUT2D eigenvalue weighted by Crippen LogP contribution is -2.36. The predicted octanol–water partition coefficient (Wildman–Crippen LogP) is 1.22. The van der Waals surface area contributed by atoms with E-state index >= 15 is 0 Å². The Labute approximate surface area is 109 Å². The van der Waals surface area contributed by atoms with Crippen molar-refractivity contribution in [2.24, 2.45) is 23.5 Å². The summed E-state index contributed by atoms with van der Waals surface area (Å²) in [5, 5.41) is 11.8. The highest BCUT2D eigenvalue weighted by Gasteiger charge is 2.21. The number of carboxylic acid groups (broad SMARTS) is 1. The molecule has 0 heterocycles. The van der Waals surface area contributed by atoms with Crippen LogP contribution in [0.25, 0.3) is 0 Å². The maximum atomic E-state index is 11.7. The van der Waals surface area contributed by atoms with Crippen LogP contribution in [0, 0.1) is 17.8 Å². The van der Waals surface area contributed by atoms with E-state index in [1.807, 2.05) is 20.8 Å². The van der Waals surface area contributed by atoms with Crippen LogP contribution in [-0.4, -0.2) is 30.1 Å². The van der Waals surface area contributed by atoms with Gasteiger partial charge in [0.2, 0.25) is 5.91 Å². The second-order valence-electron chi connectivity index (χ2n) is 5.24. The molecule has 0 fully saturated rings. The molecule has 0 aliphatic rings. The number of carboxylic acids is 1. The van der Waals surface area contributed by atoms with E-state index < -0.39 is 11.9 Å². The molecule has 5 heteroatoms. The molecular weight excluding hydrogens is 232 g/mol. The molecule has 5 nitrogen and oxygen atoms in total. The van der Waals surface area contributed by atoms with Gasteiger partial charge in [0.25, 0.3) is 0 Å². The zero-order chi connectivity index (χ0) is 14.1. The molecule has 0 aromatic heterocycles. The van der Waals surface area contributed by atoms with Gasteiger partial charge < -0.3 is 16.2 Å².